The Morgan fingerprint density at radius 2 is 1.65 bits per heavy atom. The van der Waals surface area contributed by atoms with E-state index in [4.69, 9.17) is 20.8 Å². The van der Waals surface area contributed by atoms with Gasteiger partial charge in [-0.25, -0.2) is 0 Å². The average Bonchev–Trinajstić information content (AvgIpc) is 3.12. The molecular weight excluding hydrogens is 416 g/mol. The number of furan rings is 1. The number of rotatable bonds is 5. The van der Waals surface area contributed by atoms with Gasteiger partial charge in [0, 0.05) is 22.2 Å². The van der Waals surface area contributed by atoms with Gasteiger partial charge in [-0.2, -0.15) is 0 Å². The predicted molar refractivity (Wildman–Crippen MR) is 121 cm³/mol. The Morgan fingerprint density at radius 3 is 2.35 bits per heavy atom. The van der Waals surface area contributed by atoms with Crippen molar-refractivity contribution in [3.8, 4) is 5.75 Å². The molecule has 3 aromatic carbocycles. The highest BCUT2D eigenvalue weighted by Gasteiger charge is 2.19. The molecule has 1 aromatic heterocycles. The second-order valence-electron chi connectivity index (χ2n) is 6.86. The molecule has 0 aliphatic heterocycles. The standard InChI is InChI=1S/C24H19ClN2O4/c1-14-17-6-5-7-18(25)22(17)31-21(14)24(29)26-16-12-10-15(11-13-16)23(28)27-19-8-3-4-9-20(19)30-2/h3-13H,1-2H3,(H,26,29)(H,27,28). The van der Waals surface area contributed by atoms with Gasteiger partial charge in [-0.05, 0) is 49.4 Å². The summed E-state index contributed by atoms with van der Waals surface area (Å²) in [6, 6.07) is 19.1. The molecule has 0 atom stereocenters. The SMILES string of the molecule is COc1ccccc1NC(=O)c1ccc(NC(=O)c2oc3c(Cl)cccc3c2C)cc1. The van der Waals surface area contributed by atoms with Crippen molar-refractivity contribution in [1.29, 1.82) is 0 Å². The number of para-hydroxylation sites is 3. The van der Waals surface area contributed by atoms with Gasteiger partial charge in [0.15, 0.2) is 11.3 Å². The van der Waals surface area contributed by atoms with Crippen LogP contribution in [0.15, 0.2) is 71.1 Å². The molecular formula is C24H19ClN2O4. The summed E-state index contributed by atoms with van der Waals surface area (Å²) < 4.78 is 10.9. The van der Waals surface area contributed by atoms with Gasteiger partial charge in [-0.3, -0.25) is 9.59 Å². The molecule has 0 aliphatic carbocycles. The number of carbonyl (C=O) groups excluding carboxylic acids is 2. The van der Waals surface area contributed by atoms with Crippen molar-refractivity contribution >= 4 is 45.8 Å². The molecule has 6 nitrogen and oxygen atoms in total. The molecule has 4 aromatic rings. The fraction of sp³-hybridized carbons (Fsp3) is 0.0833. The molecule has 0 saturated heterocycles. The first-order chi connectivity index (χ1) is 15.0. The minimum atomic E-state index is -0.393. The lowest BCUT2D eigenvalue weighted by atomic mass is 10.1. The number of nitrogens with one attached hydrogen (secondary N) is 2. The van der Waals surface area contributed by atoms with Crippen LogP contribution in [0, 0.1) is 6.92 Å². The van der Waals surface area contributed by atoms with Gasteiger partial charge in [0.25, 0.3) is 11.8 Å². The van der Waals surface area contributed by atoms with Crippen molar-refractivity contribution in [3.63, 3.8) is 0 Å². The summed E-state index contributed by atoms with van der Waals surface area (Å²) in [4.78, 5) is 25.2. The van der Waals surface area contributed by atoms with Crippen LogP contribution < -0.4 is 15.4 Å². The predicted octanol–water partition coefficient (Wildman–Crippen LogP) is 5.91. The normalized spacial score (nSPS) is 10.7. The summed E-state index contributed by atoms with van der Waals surface area (Å²) >= 11 is 6.16. The van der Waals surface area contributed by atoms with E-state index in [2.05, 4.69) is 10.6 Å². The Kier molecular flexibility index (Phi) is 5.64. The van der Waals surface area contributed by atoms with Crippen LogP contribution in [0.2, 0.25) is 5.02 Å². The number of halogens is 1. The molecule has 0 bridgehead atoms. The maximum absolute atomic E-state index is 12.7. The zero-order valence-electron chi connectivity index (χ0n) is 16.9. The highest BCUT2D eigenvalue weighted by molar-refractivity contribution is 6.35. The number of carbonyl (C=O) groups is 2. The topological polar surface area (TPSA) is 80.6 Å². The number of aryl methyl sites for hydroxylation is 1. The molecule has 31 heavy (non-hydrogen) atoms. The van der Waals surface area contributed by atoms with Crippen LogP contribution in [0.25, 0.3) is 11.0 Å². The van der Waals surface area contributed by atoms with Crippen LogP contribution >= 0.6 is 11.6 Å². The van der Waals surface area contributed by atoms with Gasteiger partial charge in [0.05, 0.1) is 17.8 Å². The average molecular weight is 435 g/mol. The zero-order valence-corrected chi connectivity index (χ0v) is 17.6. The molecule has 156 valence electrons. The summed E-state index contributed by atoms with van der Waals surface area (Å²) in [7, 11) is 1.54. The lowest BCUT2D eigenvalue weighted by molar-refractivity contribution is 0.0996. The summed E-state index contributed by atoms with van der Waals surface area (Å²) in [5, 5.41) is 6.84. The molecule has 0 fully saturated rings. The fourth-order valence-corrected chi connectivity index (χ4v) is 3.47. The lowest BCUT2D eigenvalue weighted by Crippen LogP contribution is -2.14. The van der Waals surface area contributed by atoms with Crippen molar-refractivity contribution < 1.29 is 18.7 Å². The number of methoxy groups -OCH3 is 1. The van der Waals surface area contributed by atoms with Crippen LogP contribution in [0.3, 0.4) is 0 Å². The number of amides is 2. The van der Waals surface area contributed by atoms with Crippen molar-refractivity contribution in [2.45, 2.75) is 6.92 Å². The second kappa shape index (κ2) is 8.53. The van der Waals surface area contributed by atoms with Crippen LogP contribution in [-0.2, 0) is 0 Å². The molecule has 0 spiro atoms. The molecule has 0 unspecified atom stereocenters. The summed E-state index contributed by atoms with van der Waals surface area (Å²) in [6.07, 6.45) is 0. The van der Waals surface area contributed by atoms with Gasteiger partial charge in [-0.15, -0.1) is 0 Å². The lowest BCUT2D eigenvalue weighted by Gasteiger charge is -2.10. The van der Waals surface area contributed by atoms with E-state index in [0.717, 1.165) is 5.39 Å². The maximum Gasteiger partial charge on any atom is 0.291 e. The van der Waals surface area contributed by atoms with Crippen LogP contribution in [0.5, 0.6) is 5.75 Å². The fourth-order valence-electron chi connectivity index (χ4n) is 3.26. The van der Waals surface area contributed by atoms with E-state index in [-0.39, 0.29) is 11.7 Å². The Bertz CT molecular complexity index is 1280. The third-order valence-electron chi connectivity index (χ3n) is 4.88. The van der Waals surface area contributed by atoms with E-state index >= 15 is 0 Å². The van der Waals surface area contributed by atoms with Crippen LogP contribution in [0.1, 0.15) is 26.5 Å². The molecule has 2 amide bonds. The van der Waals surface area contributed by atoms with Gasteiger partial charge >= 0.3 is 0 Å². The molecule has 2 N–H and O–H groups in total. The smallest absolute Gasteiger partial charge is 0.291 e. The van der Waals surface area contributed by atoms with Crippen LogP contribution in [-0.4, -0.2) is 18.9 Å². The number of benzene rings is 3. The highest BCUT2D eigenvalue weighted by atomic mass is 35.5. The van der Waals surface area contributed by atoms with E-state index in [0.29, 0.717) is 38.9 Å². The number of hydrogen-bond donors (Lipinski definition) is 2. The third kappa shape index (κ3) is 4.11. The quantitative estimate of drug-likeness (QED) is 0.409. The Labute approximate surface area is 183 Å². The van der Waals surface area contributed by atoms with E-state index in [1.54, 1.807) is 49.6 Å². The number of hydrogen-bond acceptors (Lipinski definition) is 4. The second-order valence-corrected chi connectivity index (χ2v) is 7.27. The minimum absolute atomic E-state index is 0.195. The van der Waals surface area contributed by atoms with Gasteiger partial charge in [0.2, 0.25) is 0 Å². The van der Waals surface area contributed by atoms with Crippen LogP contribution in [0.4, 0.5) is 11.4 Å². The minimum Gasteiger partial charge on any atom is -0.495 e. The maximum atomic E-state index is 12.7. The van der Waals surface area contributed by atoms with Gasteiger partial charge in [-0.1, -0.05) is 35.9 Å². The van der Waals surface area contributed by atoms with Crippen molar-refractivity contribution in [1.82, 2.24) is 0 Å². The number of ether oxygens (including phenoxy) is 1. The largest absolute Gasteiger partial charge is 0.495 e. The van der Waals surface area contributed by atoms with E-state index < -0.39 is 5.91 Å². The van der Waals surface area contributed by atoms with E-state index in [1.807, 2.05) is 31.2 Å². The monoisotopic (exact) mass is 434 g/mol. The van der Waals surface area contributed by atoms with E-state index in [1.165, 1.54) is 0 Å². The Hall–Kier alpha value is -3.77. The summed E-state index contributed by atoms with van der Waals surface area (Å²) in [5.74, 6) is 0.0864. The van der Waals surface area contributed by atoms with E-state index in [9.17, 15) is 9.59 Å². The Morgan fingerprint density at radius 1 is 0.903 bits per heavy atom. The summed E-state index contributed by atoms with van der Waals surface area (Å²) in [5.41, 5.74) is 2.74. The molecule has 0 saturated carbocycles. The number of anilines is 2. The molecule has 4 rings (SSSR count). The van der Waals surface area contributed by atoms with Gasteiger partial charge in [0.1, 0.15) is 5.75 Å². The first kappa shape index (κ1) is 20.5. The first-order valence-electron chi connectivity index (χ1n) is 9.51. The molecule has 0 aliphatic rings. The molecule has 7 heteroatoms. The molecule has 1 heterocycles. The Balaban J connectivity index is 1.48. The highest BCUT2D eigenvalue weighted by Crippen LogP contribution is 2.31. The third-order valence-corrected chi connectivity index (χ3v) is 5.18. The number of fused-ring (bicyclic) bond motifs is 1. The first-order valence-corrected chi connectivity index (χ1v) is 9.89. The van der Waals surface area contributed by atoms with Crippen molar-refractivity contribution in [3.05, 3.63) is 88.6 Å². The van der Waals surface area contributed by atoms with Crippen molar-refractivity contribution in [2.75, 3.05) is 17.7 Å². The zero-order chi connectivity index (χ0) is 22.0. The van der Waals surface area contributed by atoms with Gasteiger partial charge < -0.3 is 19.8 Å². The summed E-state index contributed by atoms with van der Waals surface area (Å²) in [6.45, 7) is 1.81. The molecule has 0 radical (unpaired) electrons. The van der Waals surface area contributed by atoms with Crippen molar-refractivity contribution in [2.24, 2.45) is 0 Å².